The van der Waals surface area contributed by atoms with Gasteiger partial charge in [-0.05, 0) is 23.8 Å². The van der Waals surface area contributed by atoms with Gasteiger partial charge < -0.3 is 0 Å². The van der Waals surface area contributed by atoms with E-state index >= 15 is 0 Å². The molecule has 0 saturated carbocycles. The Balaban J connectivity index is 1.50. The summed E-state index contributed by atoms with van der Waals surface area (Å²) in [5, 5.41) is 0.800. The maximum atomic E-state index is 5.95. The first kappa shape index (κ1) is 17.3. The summed E-state index contributed by atoms with van der Waals surface area (Å²) in [6.07, 6.45) is 1.88. The second-order valence-corrected chi connectivity index (χ2v) is 7.18. The van der Waals surface area contributed by atoms with E-state index in [1.54, 1.807) is 0 Å². The van der Waals surface area contributed by atoms with Crippen LogP contribution in [0.5, 0.6) is 0 Å². The summed E-state index contributed by atoms with van der Waals surface area (Å²) in [4.78, 5) is 14.0. The zero-order valence-corrected chi connectivity index (χ0v) is 15.2. The molecule has 24 heavy (non-hydrogen) atoms. The van der Waals surface area contributed by atoms with Crippen LogP contribution in [0.2, 0.25) is 5.02 Å². The maximum absolute atomic E-state index is 5.95. The van der Waals surface area contributed by atoms with Crippen molar-refractivity contribution in [3.05, 3.63) is 58.6 Å². The van der Waals surface area contributed by atoms with Crippen molar-refractivity contribution in [3.63, 3.8) is 0 Å². The van der Waals surface area contributed by atoms with Crippen molar-refractivity contribution in [3.8, 4) is 0 Å². The zero-order chi connectivity index (χ0) is 16.9. The second-order valence-electron chi connectivity index (χ2n) is 6.74. The fourth-order valence-electron chi connectivity index (χ4n) is 2.96. The molecular formula is C19H25ClN4. The van der Waals surface area contributed by atoms with E-state index in [2.05, 4.69) is 45.7 Å². The van der Waals surface area contributed by atoms with E-state index in [4.69, 9.17) is 11.6 Å². The van der Waals surface area contributed by atoms with Gasteiger partial charge in [-0.3, -0.25) is 9.80 Å². The first-order valence-corrected chi connectivity index (χ1v) is 8.99. The van der Waals surface area contributed by atoms with Gasteiger partial charge in [-0.25, -0.2) is 9.97 Å². The zero-order valence-electron chi connectivity index (χ0n) is 14.5. The van der Waals surface area contributed by atoms with Gasteiger partial charge in [0.1, 0.15) is 5.82 Å². The minimum atomic E-state index is 0.376. The number of nitrogens with zero attached hydrogens (tertiary/aromatic N) is 4. The van der Waals surface area contributed by atoms with Crippen LogP contribution in [-0.2, 0) is 13.1 Å². The Hall–Kier alpha value is -1.49. The molecule has 128 valence electrons. The number of hydrogen-bond donors (Lipinski definition) is 0. The molecule has 1 aromatic carbocycles. The molecule has 1 fully saturated rings. The molecule has 0 bridgehead atoms. The van der Waals surface area contributed by atoms with Crippen LogP contribution in [0.1, 0.15) is 36.8 Å². The van der Waals surface area contributed by atoms with Gasteiger partial charge in [0.2, 0.25) is 0 Å². The fourth-order valence-corrected chi connectivity index (χ4v) is 3.09. The number of rotatable bonds is 5. The normalized spacial score (nSPS) is 16.7. The van der Waals surface area contributed by atoms with Crippen LogP contribution in [-0.4, -0.2) is 45.9 Å². The van der Waals surface area contributed by atoms with Crippen LogP contribution in [0.25, 0.3) is 0 Å². The highest BCUT2D eigenvalue weighted by atomic mass is 35.5. The predicted octanol–water partition coefficient (Wildman–Crippen LogP) is 3.57. The van der Waals surface area contributed by atoms with Gasteiger partial charge in [0, 0.05) is 56.4 Å². The van der Waals surface area contributed by atoms with Gasteiger partial charge in [-0.2, -0.15) is 0 Å². The first-order chi connectivity index (χ1) is 11.6. The molecule has 0 unspecified atom stereocenters. The lowest BCUT2D eigenvalue weighted by Gasteiger charge is -2.34. The Morgan fingerprint density at radius 1 is 0.958 bits per heavy atom. The molecule has 0 amide bonds. The maximum Gasteiger partial charge on any atom is 0.131 e. The van der Waals surface area contributed by atoms with E-state index in [0.29, 0.717) is 5.92 Å². The lowest BCUT2D eigenvalue weighted by molar-refractivity contribution is 0.121. The van der Waals surface area contributed by atoms with E-state index in [1.165, 1.54) is 5.56 Å². The number of aromatic nitrogens is 2. The van der Waals surface area contributed by atoms with E-state index in [-0.39, 0.29) is 0 Å². The molecule has 1 aromatic heterocycles. The Bertz CT molecular complexity index is 649. The highest BCUT2D eigenvalue weighted by molar-refractivity contribution is 6.30. The van der Waals surface area contributed by atoms with Gasteiger partial charge >= 0.3 is 0 Å². The average molecular weight is 345 g/mol. The van der Waals surface area contributed by atoms with E-state index < -0.39 is 0 Å². The van der Waals surface area contributed by atoms with Crippen LogP contribution in [0.4, 0.5) is 0 Å². The van der Waals surface area contributed by atoms with Crippen molar-refractivity contribution in [1.82, 2.24) is 19.8 Å². The summed E-state index contributed by atoms with van der Waals surface area (Å²) >= 11 is 5.95. The third kappa shape index (κ3) is 4.76. The Labute approximate surface area is 149 Å². The van der Waals surface area contributed by atoms with E-state index in [0.717, 1.165) is 55.8 Å². The number of hydrogen-bond acceptors (Lipinski definition) is 4. The van der Waals surface area contributed by atoms with E-state index in [1.807, 2.05) is 24.4 Å². The Kier molecular flexibility index (Phi) is 5.82. The Morgan fingerprint density at radius 3 is 2.21 bits per heavy atom. The van der Waals surface area contributed by atoms with Crippen molar-refractivity contribution < 1.29 is 0 Å². The highest BCUT2D eigenvalue weighted by Crippen LogP contribution is 2.14. The SMILES string of the molecule is CC(C)c1nccc(CN2CCN(Cc3ccc(Cl)cc3)CC2)n1. The molecule has 0 atom stereocenters. The molecule has 0 N–H and O–H groups in total. The highest BCUT2D eigenvalue weighted by Gasteiger charge is 2.17. The third-order valence-electron chi connectivity index (χ3n) is 4.42. The van der Waals surface area contributed by atoms with Crippen LogP contribution in [0, 0.1) is 0 Å². The summed E-state index contributed by atoms with van der Waals surface area (Å²) in [5.74, 6) is 1.31. The average Bonchev–Trinajstić information content (AvgIpc) is 2.59. The minimum Gasteiger partial charge on any atom is -0.297 e. The number of halogens is 1. The smallest absolute Gasteiger partial charge is 0.131 e. The number of piperazine rings is 1. The van der Waals surface area contributed by atoms with Crippen molar-refractivity contribution in [2.24, 2.45) is 0 Å². The van der Waals surface area contributed by atoms with Gasteiger partial charge in [0.15, 0.2) is 0 Å². The predicted molar refractivity (Wildman–Crippen MR) is 98.1 cm³/mol. The summed E-state index contributed by atoms with van der Waals surface area (Å²) in [6.45, 7) is 10.5. The molecule has 2 aromatic rings. The van der Waals surface area contributed by atoms with E-state index in [9.17, 15) is 0 Å². The number of benzene rings is 1. The molecule has 0 aliphatic carbocycles. The molecule has 2 heterocycles. The molecule has 5 heteroatoms. The van der Waals surface area contributed by atoms with Crippen LogP contribution < -0.4 is 0 Å². The van der Waals surface area contributed by atoms with Gasteiger partial charge in [-0.1, -0.05) is 37.6 Å². The third-order valence-corrected chi connectivity index (χ3v) is 4.67. The first-order valence-electron chi connectivity index (χ1n) is 8.61. The Morgan fingerprint density at radius 2 is 1.58 bits per heavy atom. The van der Waals surface area contributed by atoms with Crippen molar-refractivity contribution >= 4 is 11.6 Å². The molecule has 1 saturated heterocycles. The topological polar surface area (TPSA) is 32.3 Å². The summed E-state index contributed by atoms with van der Waals surface area (Å²) < 4.78 is 0. The van der Waals surface area contributed by atoms with Crippen molar-refractivity contribution in [1.29, 1.82) is 0 Å². The van der Waals surface area contributed by atoms with Gasteiger partial charge in [-0.15, -0.1) is 0 Å². The van der Waals surface area contributed by atoms with Crippen LogP contribution >= 0.6 is 11.6 Å². The van der Waals surface area contributed by atoms with Crippen LogP contribution in [0.15, 0.2) is 36.5 Å². The molecule has 4 nitrogen and oxygen atoms in total. The summed E-state index contributed by atoms with van der Waals surface area (Å²) in [6, 6.07) is 10.2. The molecule has 0 radical (unpaired) electrons. The molecule has 3 rings (SSSR count). The second kappa shape index (κ2) is 8.06. The van der Waals surface area contributed by atoms with Crippen molar-refractivity contribution in [2.45, 2.75) is 32.9 Å². The van der Waals surface area contributed by atoms with Crippen LogP contribution in [0.3, 0.4) is 0 Å². The monoisotopic (exact) mass is 344 g/mol. The largest absolute Gasteiger partial charge is 0.297 e. The van der Waals surface area contributed by atoms with Crippen molar-refractivity contribution in [2.75, 3.05) is 26.2 Å². The minimum absolute atomic E-state index is 0.376. The molecular weight excluding hydrogens is 320 g/mol. The lowest BCUT2D eigenvalue weighted by atomic mass is 10.2. The summed E-state index contributed by atoms with van der Waals surface area (Å²) in [5.41, 5.74) is 2.45. The van der Waals surface area contributed by atoms with Gasteiger partial charge in [0.05, 0.1) is 5.69 Å². The molecule has 1 aliphatic heterocycles. The molecule has 1 aliphatic rings. The fraction of sp³-hybridized carbons (Fsp3) is 0.474. The van der Waals surface area contributed by atoms with Gasteiger partial charge in [0.25, 0.3) is 0 Å². The summed E-state index contributed by atoms with van der Waals surface area (Å²) in [7, 11) is 0. The lowest BCUT2D eigenvalue weighted by Crippen LogP contribution is -2.45. The molecule has 0 spiro atoms. The quantitative estimate of drug-likeness (QED) is 0.830. The standard InChI is InChI=1S/C19H25ClN4/c1-15(2)19-21-8-7-18(22-19)14-24-11-9-23(10-12-24)13-16-3-5-17(20)6-4-16/h3-8,15H,9-14H2,1-2H3.